The second-order valence-electron chi connectivity index (χ2n) is 9.58. The summed E-state index contributed by atoms with van der Waals surface area (Å²) in [5, 5.41) is 21.4. The highest BCUT2D eigenvalue weighted by atomic mass is 16.6. The first-order valence-electron chi connectivity index (χ1n) is 12.8. The van der Waals surface area contributed by atoms with Gasteiger partial charge in [0.1, 0.15) is 18.8 Å². The van der Waals surface area contributed by atoms with Gasteiger partial charge < -0.3 is 19.7 Å². The number of rotatable bonds is 11. The third-order valence-corrected chi connectivity index (χ3v) is 6.46. The number of hydrogen-bond donors (Lipinski definition) is 3. The van der Waals surface area contributed by atoms with E-state index in [1.54, 1.807) is 13.0 Å². The first kappa shape index (κ1) is 28.2. The molecule has 8 nitrogen and oxygen atoms in total. The van der Waals surface area contributed by atoms with Crippen molar-refractivity contribution in [3.63, 3.8) is 0 Å². The van der Waals surface area contributed by atoms with E-state index in [0.717, 1.165) is 16.7 Å². The Morgan fingerprint density at radius 2 is 1.23 bits per heavy atom. The first-order chi connectivity index (χ1) is 19.3. The van der Waals surface area contributed by atoms with E-state index in [2.05, 4.69) is 5.43 Å². The van der Waals surface area contributed by atoms with E-state index in [0.29, 0.717) is 5.56 Å². The van der Waals surface area contributed by atoms with Gasteiger partial charge in [0.25, 0.3) is 0 Å². The minimum atomic E-state index is -1.44. The molecule has 0 spiro atoms. The van der Waals surface area contributed by atoms with E-state index in [9.17, 15) is 19.8 Å². The van der Waals surface area contributed by atoms with Crippen molar-refractivity contribution in [2.75, 3.05) is 0 Å². The lowest BCUT2D eigenvalue weighted by Crippen LogP contribution is -2.61. The Bertz CT molecular complexity index is 1400. The fourth-order valence-corrected chi connectivity index (χ4v) is 4.20. The van der Waals surface area contributed by atoms with Crippen molar-refractivity contribution in [3.8, 4) is 11.5 Å². The normalized spacial score (nSPS) is 12.3. The summed E-state index contributed by atoms with van der Waals surface area (Å²) in [5.41, 5.74) is 4.33. The van der Waals surface area contributed by atoms with Gasteiger partial charge in [-0.1, -0.05) is 97.1 Å². The average molecular weight is 541 g/mol. The topological polar surface area (TPSA) is 108 Å². The van der Waals surface area contributed by atoms with Crippen molar-refractivity contribution in [1.82, 2.24) is 10.4 Å². The zero-order valence-electron chi connectivity index (χ0n) is 22.2. The molecular weight excluding hydrogens is 508 g/mol. The Morgan fingerprint density at radius 1 is 0.700 bits per heavy atom. The molecule has 0 aliphatic heterocycles. The van der Waals surface area contributed by atoms with E-state index in [-0.39, 0.29) is 37.7 Å². The van der Waals surface area contributed by atoms with Crippen LogP contribution in [0, 0.1) is 0 Å². The predicted molar refractivity (Wildman–Crippen MR) is 150 cm³/mol. The van der Waals surface area contributed by atoms with Crippen LogP contribution in [-0.4, -0.2) is 32.8 Å². The van der Waals surface area contributed by atoms with Crippen LogP contribution >= 0.6 is 0 Å². The second-order valence-corrected chi connectivity index (χ2v) is 9.58. The van der Waals surface area contributed by atoms with Crippen molar-refractivity contribution in [1.29, 1.82) is 0 Å². The molecule has 4 aromatic rings. The molecule has 4 rings (SSSR count). The number of carbonyl (C=O) groups is 2. The molecule has 0 saturated heterocycles. The molecule has 40 heavy (non-hydrogen) atoms. The van der Waals surface area contributed by atoms with Crippen molar-refractivity contribution in [2.45, 2.75) is 38.6 Å². The molecule has 0 radical (unpaired) electrons. The second kappa shape index (κ2) is 13.3. The van der Waals surface area contributed by atoms with Gasteiger partial charge >= 0.3 is 12.1 Å². The fourth-order valence-electron chi connectivity index (χ4n) is 4.20. The summed E-state index contributed by atoms with van der Waals surface area (Å²) < 4.78 is 11.2. The molecule has 8 heteroatoms. The Labute approximate surface area is 233 Å². The van der Waals surface area contributed by atoms with E-state index >= 15 is 0 Å². The summed E-state index contributed by atoms with van der Waals surface area (Å²) in [4.78, 5) is 26.8. The number of ether oxygens (including phenoxy) is 2. The van der Waals surface area contributed by atoms with Crippen LogP contribution in [0.2, 0.25) is 0 Å². The van der Waals surface area contributed by atoms with Gasteiger partial charge in [0, 0.05) is 13.0 Å². The lowest BCUT2D eigenvalue weighted by atomic mass is 9.91. The smallest absolute Gasteiger partial charge is 0.422 e. The molecule has 4 aromatic carbocycles. The zero-order valence-corrected chi connectivity index (χ0v) is 22.2. The van der Waals surface area contributed by atoms with Crippen molar-refractivity contribution in [3.05, 3.63) is 131 Å². The maximum absolute atomic E-state index is 13.8. The maximum atomic E-state index is 13.8. The van der Waals surface area contributed by atoms with Crippen molar-refractivity contribution < 1.29 is 29.3 Å². The number of hydrogen-bond acceptors (Lipinski definition) is 7. The van der Waals surface area contributed by atoms with Gasteiger partial charge in [-0.2, -0.15) is 5.01 Å². The minimum Gasteiger partial charge on any atom is -0.504 e. The summed E-state index contributed by atoms with van der Waals surface area (Å²) in [5.74, 6) is -1.19. The molecule has 0 aromatic heterocycles. The minimum absolute atomic E-state index is 0.0354. The summed E-state index contributed by atoms with van der Waals surface area (Å²) in [6, 6.07) is 32.3. The molecule has 0 heterocycles. The van der Waals surface area contributed by atoms with Gasteiger partial charge in [-0.3, -0.25) is 5.43 Å². The maximum Gasteiger partial charge on any atom is 0.422 e. The SMILES string of the molecule is CC(Cc1ccc(O)c(O)c1)(C(=O)OCc1ccccc1)N(Cc1ccccc1)NC(=O)OCc1ccccc1. The van der Waals surface area contributed by atoms with Crippen LogP contribution in [0.4, 0.5) is 4.79 Å². The highest BCUT2D eigenvalue weighted by molar-refractivity contribution is 5.81. The number of benzene rings is 4. The number of amides is 1. The number of carbonyl (C=O) groups excluding carboxylic acids is 2. The van der Waals surface area contributed by atoms with E-state index in [4.69, 9.17) is 9.47 Å². The van der Waals surface area contributed by atoms with Crippen LogP contribution in [0.3, 0.4) is 0 Å². The lowest BCUT2D eigenvalue weighted by molar-refractivity contribution is -0.161. The quantitative estimate of drug-likeness (QED) is 0.131. The zero-order chi connectivity index (χ0) is 28.4. The number of aromatic hydroxyl groups is 2. The molecular formula is C32H32N2O6. The van der Waals surface area contributed by atoms with Crippen LogP contribution in [0.1, 0.15) is 29.2 Å². The van der Waals surface area contributed by atoms with Gasteiger partial charge in [-0.25, -0.2) is 9.59 Å². The first-order valence-corrected chi connectivity index (χ1v) is 12.8. The third kappa shape index (κ3) is 7.61. The molecule has 1 amide bonds. The number of esters is 1. The standard InChI is InChI=1S/C32H32N2O6/c1-32(20-27-17-18-28(35)29(36)19-27,30(37)39-22-25-13-7-3-8-14-25)34(21-24-11-5-2-6-12-24)33-31(38)40-23-26-15-9-4-10-16-26/h2-19,35-36H,20-23H2,1H3,(H,33,38). The average Bonchev–Trinajstić information content (AvgIpc) is 2.98. The van der Waals surface area contributed by atoms with Crippen LogP contribution in [0.25, 0.3) is 0 Å². The summed E-state index contributed by atoms with van der Waals surface area (Å²) in [6.45, 7) is 1.90. The number of nitrogens with one attached hydrogen (secondary N) is 1. The largest absolute Gasteiger partial charge is 0.504 e. The Hall–Kier alpha value is -4.82. The molecule has 0 aliphatic rings. The predicted octanol–water partition coefficient (Wildman–Crippen LogP) is 5.49. The highest BCUT2D eigenvalue weighted by Crippen LogP contribution is 2.30. The molecule has 0 saturated carbocycles. The molecule has 1 unspecified atom stereocenters. The molecule has 1 atom stereocenters. The summed E-state index contributed by atoms with van der Waals surface area (Å²) in [6.07, 6.45) is -0.698. The van der Waals surface area contributed by atoms with Gasteiger partial charge in [-0.15, -0.1) is 0 Å². The Morgan fingerprint density at radius 3 is 1.77 bits per heavy atom. The fraction of sp³-hybridized carbons (Fsp3) is 0.188. The van der Waals surface area contributed by atoms with Crippen LogP contribution in [0.15, 0.2) is 109 Å². The molecule has 0 aliphatic carbocycles. The summed E-state index contributed by atoms with van der Waals surface area (Å²) >= 11 is 0. The summed E-state index contributed by atoms with van der Waals surface area (Å²) in [7, 11) is 0. The van der Waals surface area contributed by atoms with Gasteiger partial charge in [0.2, 0.25) is 0 Å². The van der Waals surface area contributed by atoms with E-state index < -0.39 is 17.6 Å². The van der Waals surface area contributed by atoms with Crippen molar-refractivity contribution >= 4 is 12.1 Å². The van der Waals surface area contributed by atoms with Crippen LogP contribution in [-0.2, 0) is 40.4 Å². The van der Waals surface area contributed by atoms with Gasteiger partial charge in [-0.05, 0) is 41.3 Å². The number of phenols is 2. The molecule has 206 valence electrons. The monoisotopic (exact) mass is 540 g/mol. The van der Waals surface area contributed by atoms with E-state index in [1.165, 1.54) is 17.1 Å². The Balaban J connectivity index is 1.63. The molecule has 0 bridgehead atoms. The number of nitrogens with zero attached hydrogens (tertiary/aromatic N) is 1. The highest BCUT2D eigenvalue weighted by Gasteiger charge is 2.43. The third-order valence-electron chi connectivity index (χ3n) is 6.46. The van der Waals surface area contributed by atoms with Gasteiger partial charge in [0.05, 0.1) is 0 Å². The van der Waals surface area contributed by atoms with Gasteiger partial charge in [0.15, 0.2) is 11.5 Å². The van der Waals surface area contributed by atoms with Crippen LogP contribution < -0.4 is 5.43 Å². The molecule has 3 N–H and O–H groups in total. The number of hydrazine groups is 1. The van der Waals surface area contributed by atoms with Crippen molar-refractivity contribution in [2.24, 2.45) is 0 Å². The molecule has 0 fully saturated rings. The van der Waals surface area contributed by atoms with Crippen LogP contribution in [0.5, 0.6) is 11.5 Å². The van der Waals surface area contributed by atoms with E-state index in [1.807, 2.05) is 91.0 Å². The Kier molecular flexibility index (Phi) is 9.38. The number of phenolic OH excluding ortho intramolecular Hbond substituents is 2. The lowest BCUT2D eigenvalue weighted by Gasteiger charge is -2.39.